The Morgan fingerprint density at radius 1 is 1.26 bits per heavy atom. The van der Waals surface area contributed by atoms with Gasteiger partial charge in [0.2, 0.25) is 15.9 Å². The molecule has 0 saturated heterocycles. The highest BCUT2D eigenvalue weighted by molar-refractivity contribution is 7.89. The van der Waals surface area contributed by atoms with Gasteiger partial charge in [0.15, 0.2) is 0 Å². The van der Waals surface area contributed by atoms with Crippen molar-refractivity contribution in [1.29, 1.82) is 0 Å². The number of hydrogen-bond donors (Lipinski definition) is 0. The molecule has 8 nitrogen and oxygen atoms in total. The lowest BCUT2D eigenvalue weighted by Crippen LogP contribution is -2.37. The topological polar surface area (TPSA) is 84.7 Å². The number of sulfonamides is 1. The Hall–Kier alpha value is -2.11. The van der Waals surface area contributed by atoms with Gasteiger partial charge < -0.3 is 14.2 Å². The summed E-state index contributed by atoms with van der Waals surface area (Å²) in [6.45, 7) is 3.91. The molecule has 0 aliphatic heterocycles. The molecular weight excluding hydrogens is 430 g/mol. The largest absolute Gasteiger partial charge is 0.383 e. The average molecular weight is 461 g/mol. The highest BCUT2D eigenvalue weighted by Crippen LogP contribution is 2.23. The Morgan fingerprint density at radius 2 is 1.94 bits per heavy atom. The van der Waals surface area contributed by atoms with E-state index in [0.29, 0.717) is 24.4 Å². The van der Waals surface area contributed by atoms with E-state index in [2.05, 4.69) is 4.98 Å². The van der Waals surface area contributed by atoms with Crippen molar-refractivity contribution >= 4 is 27.0 Å². The molecule has 0 fully saturated rings. The van der Waals surface area contributed by atoms with Crippen molar-refractivity contribution in [2.45, 2.75) is 38.0 Å². The fourth-order valence-corrected chi connectivity index (χ4v) is 4.87. The molecule has 0 bridgehead atoms. The van der Waals surface area contributed by atoms with Crippen LogP contribution in [0.3, 0.4) is 0 Å². The molecule has 1 aromatic carbocycles. The van der Waals surface area contributed by atoms with E-state index in [1.165, 1.54) is 17.5 Å². The number of rotatable bonds is 12. The van der Waals surface area contributed by atoms with Gasteiger partial charge in [0, 0.05) is 46.6 Å². The number of carbonyl (C=O) groups is 1. The summed E-state index contributed by atoms with van der Waals surface area (Å²) in [5, 5.41) is 0. The number of fused-ring (bicyclic) bond motifs is 1. The van der Waals surface area contributed by atoms with Crippen LogP contribution in [0.25, 0.3) is 11.0 Å². The Morgan fingerprint density at radius 3 is 2.52 bits per heavy atom. The molecule has 0 N–H and O–H groups in total. The summed E-state index contributed by atoms with van der Waals surface area (Å²) in [7, 11) is -0.396. The molecule has 0 aliphatic rings. The molecule has 2 aromatic rings. The minimum Gasteiger partial charge on any atom is -0.383 e. The molecule has 0 aliphatic carbocycles. The van der Waals surface area contributed by atoms with Crippen molar-refractivity contribution in [2.75, 3.05) is 39.9 Å². The first-order valence-corrected chi connectivity index (χ1v) is 11.6. The molecule has 1 heterocycles. The van der Waals surface area contributed by atoms with E-state index in [-0.39, 0.29) is 30.9 Å². The predicted molar refractivity (Wildman–Crippen MR) is 114 cm³/mol. The maximum Gasteiger partial charge on any atom is 0.255 e. The maximum atomic E-state index is 12.8. The molecule has 1 amide bonds. The number of imidazole rings is 1. The van der Waals surface area contributed by atoms with Gasteiger partial charge in [-0.15, -0.1) is 0 Å². The maximum absolute atomic E-state index is 12.8. The second-order valence-corrected chi connectivity index (χ2v) is 8.99. The van der Waals surface area contributed by atoms with Gasteiger partial charge in [-0.2, -0.15) is 4.31 Å². The Balaban J connectivity index is 2.22. The molecule has 0 atom stereocenters. The number of halogens is 2. The summed E-state index contributed by atoms with van der Waals surface area (Å²) in [6, 6.07) is 4.75. The number of aromatic nitrogens is 2. The van der Waals surface area contributed by atoms with Crippen LogP contribution in [0.1, 0.15) is 26.1 Å². The lowest BCUT2D eigenvalue weighted by Gasteiger charge is -2.21. The first-order valence-electron chi connectivity index (χ1n) is 10.2. The van der Waals surface area contributed by atoms with E-state index < -0.39 is 28.9 Å². The predicted octanol–water partition coefficient (Wildman–Crippen LogP) is 2.28. The van der Waals surface area contributed by atoms with Crippen molar-refractivity contribution in [3.8, 4) is 0 Å². The number of amides is 1. The van der Waals surface area contributed by atoms with Crippen molar-refractivity contribution in [2.24, 2.45) is 7.05 Å². The zero-order valence-electron chi connectivity index (χ0n) is 18.3. The van der Waals surface area contributed by atoms with Crippen LogP contribution in [0, 0.1) is 0 Å². The first-order chi connectivity index (χ1) is 14.6. The van der Waals surface area contributed by atoms with Gasteiger partial charge in [0.1, 0.15) is 5.82 Å². The first kappa shape index (κ1) is 25.2. The standard InChI is InChI=1S/C20H30F2N4O4S/c1-5-26(6-2)31(28,29)15-7-8-17-16(13-15)23-19(24(17)3)9-10-20(27)25(11-12-30-4)14-18(21)22/h7-8,13,18H,5-6,9-12,14H2,1-4H3. The Bertz CT molecular complexity index is 990. The van der Waals surface area contributed by atoms with Crippen LogP contribution in [-0.2, 0) is 33.0 Å². The van der Waals surface area contributed by atoms with Gasteiger partial charge in [-0.3, -0.25) is 4.79 Å². The van der Waals surface area contributed by atoms with Crippen molar-refractivity contribution in [3.05, 3.63) is 24.0 Å². The average Bonchev–Trinajstić information content (AvgIpc) is 3.04. The third kappa shape index (κ3) is 5.98. The molecule has 2 rings (SSSR count). The molecule has 31 heavy (non-hydrogen) atoms. The van der Waals surface area contributed by atoms with Gasteiger partial charge in [0.05, 0.1) is 29.1 Å². The van der Waals surface area contributed by atoms with Crippen molar-refractivity contribution in [3.63, 3.8) is 0 Å². The summed E-state index contributed by atoms with van der Waals surface area (Å²) in [4.78, 5) is 18.2. The van der Waals surface area contributed by atoms with Gasteiger partial charge >= 0.3 is 0 Å². The zero-order valence-corrected chi connectivity index (χ0v) is 19.2. The summed E-state index contributed by atoms with van der Waals surface area (Å²) in [5.74, 6) is 0.165. The lowest BCUT2D eigenvalue weighted by molar-refractivity contribution is -0.133. The van der Waals surface area contributed by atoms with Crippen LogP contribution >= 0.6 is 0 Å². The molecule has 11 heteroatoms. The minimum atomic E-state index is -3.61. The molecular formula is C20H30F2N4O4S. The smallest absolute Gasteiger partial charge is 0.255 e. The van der Waals surface area contributed by atoms with Crippen LogP contribution in [0.5, 0.6) is 0 Å². The van der Waals surface area contributed by atoms with Gasteiger partial charge in [-0.05, 0) is 18.2 Å². The summed E-state index contributed by atoms with van der Waals surface area (Å²) < 4.78 is 59.1. The molecule has 174 valence electrons. The highest BCUT2D eigenvalue weighted by atomic mass is 32.2. The van der Waals surface area contributed by atoms with Crippen LogP contribution < -0.4 is 0 Å². The number of nitrogens with zero attached hydrogens (tertiary/aromatic N) is 4. The zero-order chi connectivity index (χ0) is 23.2. The van der Waals surface area contributed by atoms with Crippen molar-refractivity contribution in [1.82, 2.24) is 18.8 Å². The fraction of sp³-hybridized carbons (Fsp3) is 0.600. The summed E-state index contributed by atoms with van der Waals surface area (Å²) in [6.07, 6.45) is -2.37. The normalized spacial score (nSPS) is 12.3. The number of alkyl halides is 2. The Labute approximate surface area is 181 Å². The Kier molecular flexibility index (Phi) is 8.90. The summed E-state index contributed by atoms with van der Waals surface area (Å²) in [5.41, 5.74) is 1.23. The summed E-state index contributed by atoms with van der Waals surface area (Å²) >= 11 is 0. The minimum absolute atomic E-state index is 0.0121. The van der Waals surface area contributed by atoms with Crippen LogP contribution in [0.2, 0.25) is 0 Å². The highest BCUT2D eigenvalue weighted by Gasteiger charge is 2.23. The monoisotopic (exact) mass is 460 g/mol. The van der Waals surface area contributed by atoms with E-state index >= 15 is 0 Å². The van der Waals surface area contributed by atoms with Gasteiger partial charge in [0.25, 0.3) is 6.43 Å². The molecule has 1 aromatic heterocycles. The number of hydrogen-bond acceptors (Lipinski definition) is 5. The van der Waals surface area contributed by atoms with Crippen LogP contribution in [0.4, 0.5) is 8.78 Å². The quantitative estimate of drug-likeness (QED) is 0.485. The second-order valence-electron chi connectivity index (χ2n) is 7.05. The third-order valence-electron chi connectivity index (χ3n) is 5.13. The lowest BCUT2D eigenvalue weighted by atomic mass is 10.2. The number of carbonyl (C=O) groups excluding carboxylic acids is 1. The van der Waals surface area contributed by atoms with E-state index in [4.69, 9.17) is 4.74 Å². The third-order valence-corrected chi connectivity index (χ3v) is 7.17. The van der Waals surface area contributed by atoms with Crippen LogP contribution in [-0.4, -0.2) is 79.4 Å². The molecule has 0 radical (unpaired) electrons. The number of methoxy groups -OCH3 is 1. The van der Waals surface area contributed by atoms with E-state index in [0.717, 1.165) is 10.4 Å². The van der Waals surface area contributed by atoms with Gasteiger partial charge in [-0.25, -0.2) is 22.2 Å². The number of benzene rings is 1. The molecule has 0 spiro atoms. The molecule has 0 unspecified atom stereocenters. The van der Waals surface area contributed by atoms with E-state index in [1.54, 1.807) is 37.6 Å². The second kappa shape index (κ2) is 11.0. The van der Waals surface area contributed by atoms with Crippen LogP contribution in [0.15, 0.2) is 23.1 Å². The van der Waals surface area contributed by atoms with E-state index in [1.807, 2.05) is 0 Å². The number of ether oxygens (including phenoxy) is 1. The molecule has 0 saturated carbocycles. The SMILES string of the molecule is CCN(CC)S(=O)(=O)c1ccc2c(c1)nc(CCC(=O)N(CCOC)CC(F)F)n2C. The van der Waals surface area contributed by atoms with E-state index in [9.17, 15) is 22.0 Å². The number of aryl methyl sites for hydroxylation is 2. The fourth-order valence-electron chi connectivity index (χ4n) is 3.39. The van der Waals surface area contributed by atoms with Crippen molar-refractivity contribution < 1.29 is 26.7 Å². The van der Waals surface area contributed by atoms with Gasteiger partial charge in [-0.1, -0.05) is 13.8 Å².